The monoisotopic (exact) mass is 173 g/mol. The van der Waals surface area contributed by atoms with Crippen molar-refractivity contribution in [2.75, 3.05) is 7.05 Å². The second-order valence-electron chi connectivity index (χ2n) is 2.56. The lowest BCUT2D eigenvalue weighted by molar-refractivity contribution is 0.0963. The molecule has 65 valence electrons. The molecule has 0 saturated carbocycles. The summed E-state index contributed by atoms with van der Waals surface area (Å²) in [5.41, 5.74) is 1.58. The zero-order valence-corrected chi connectivity index (χ0v) is 7.29. The van der Waals surface area contributed by atoms with Crippen LogP contribution in [-0.2, 0) is 0 Å². The summed E-state index contributed by atoms with van der Waals surface area (Å²) in [4.78, 5) is 11.2. The van der Waals surface area contributed by atoms with Crippen molar-refractivity contribution in [3.63, 3.8) is 0 Å². The molecule has 0 aliphatic heterocycles. The molecule has 0 aliphatic carbocycles. The minimum absolute atomic E-state index is 0.186. The highest BCUT2D eigenvalue weighted by Crippen LogP contribution is 2.09. The van der Waals surface area contributed by atoms with Crippen LogP contribution in [0.1, 0.15) is 21.5 Å². The predicted octanol–water partition coefficient (Wildman–Crippen LogP) is 1.10. The molecule has 0 aliphatic rings. The molecule has 0 atom stereocenters. The van der Waals surface area contributed by atoms with Gasteiger partial charge in [-0.15, -0.1) is 0 Å². The highest BCUT2D eigenvalue weighted by Gasteiger charge is 2.06. The minimum atomic E-state index is -0.186. The number of nitriles is 1. The first kappa shape index (κ1) is 9.27. The van der Waals surface area contributed by atoms with Gasteiger partial charge in [-0.1, -0.05) is 0 Å². The first-order valence-electron chi connectivity index (χ1n) is 3.77. The van der Waals surface area contributed by atoms with Gasteiger partial charge >= 0.3 is 0 Å². The van der Waals surface area contributed by atoms with Gasteiger partial charge in [-0.3, -0.25) is 4.79 Å². The molecular weight excluding hydrogens is 164 g/mol. The molecule has 0 bridgehead atoms. The molecule has 1 radical (unpaired) electrons. The number of carbonyl (C=O) groups excluding carboxylic acids is 1. The van der Waals surface area contributed by atoms with Gasteiger partial charge in [-0.25, -0.2) is 0 Å². The van der Waals surface area contributed by atoms with Crippen molar-refractivity contribution in [2.24, 2.45) is 0 Å². The molecule has 0 saturated heterocycles. The summed E-state index contributed by atoms with van der Waals surface area (Å²) in [7, 11) is 1.56. The lowest BCUT2D eigenvalue weighted by Crippen LogP contribution is -2.18. The molecule has 0 aromatic heterocycles. The Morgan fingerprint density at radius 1 is 1.62 bits per heavy atom. The maximum Gasteiger partial charge on any atom is 0.251 e. The van der Waals surface area contributed by atoms with E-state index >= 15 is 0 Å². The lowest BCUT2D eigenvalue weighted by Gasteiger charge is -2.03. The number of amides is 1. The van der Waals surface area contributed by atoms with E-state index in [1.807, 2.05) is 6.07 Å². The third-order valence-electron chi connectivity index (χ3n) is 1.71. The van der Waals surface area contributed by atoms with Crippen LogP contribution in [0.4, 0.5) is 0 Å². The van der Waals surface area contributed by atoms with Crippen LogP contribution in [0.5, 0.6) is 0 Å². The van der Waals surface area contributed by atoms with E-state index in [-0.39, 0.29) is 5.91 Å². The summed E-state index contributed by atoms with van der Waals surface area (Å²) in [5, 5.41) is 11.1. The van der Waals surface area contributed by atoms with E-state index in [4.69, 9.17) is 5.26 Å². The molecule has 3 heteroatoms. The van der Waals surface area contributed by atoms with Crippen LogP contribution in [0.2, 0.25) is 0 Å². The van der Waals surface area contributed by atoms with Gasteiger partial charge in [0.1, 0.15) is 0 Å². The molecule has 0 fully saturated rings. The van der Waals surface area contributed by atoms with Crippen LogP contribution in [-0.4, -0.2) is 13.0 Å². The zero-order valence-electron chi connectivity index (χ0n) is 7.29. The molecule has 0 unspecified atom stereocenters. The molecule has 1 amide bonds. The Balaban J connectivity index is 3.14. The van der Waals surface area contributed by atoms with Crippen LogP contribution >= 0.6 is 0 Å². The van der Waals surface area contributed by atoms with Crippen molar-refractivity contribution in [3.8, 4) is 6.07 Å². The third-order valence-corrected chi connectivity index (χ3v) is 1.71. The summed E-state index contributed by atoms with van der Waals surface area (Å²) >= 11 is 0. The maximum atomic E-state index is 11.2. The normalized spacial score (nSPS) is 9.00. The van der Waals surface area contributed by atoms with Crippen molar-refractivity contribution in [2.45, 2.75) is 0 Å². The number of nitrogens with one attached hydrogen (secondary N) is 1. The molecule has 1 aromatic carbocycles. The van der Waals surface area contributed by atoms with E-state index in [2.05, 4.69) is 12.2 Å². The molecule has 3 nitrogen and oxygen atoms in total. The van der Waals surface area contributed by atoms with Gasteiger partial charge in [0.05, 0.1) is 11.6 Å². The van der Waals surface area contributed by atoms with E-state index in [1.165, 1.54) is 0 Å². The van der Waals surface area contributed by atoms with Crippen molar-refractivity contribution in [3.05, 3.63) is 41.8 Å². The fourth-order valence-corrected chi connectivity index (χ4v) is 1.02. The van der Waals surface area contributed by atoms with E-state index in [0.717, 1.165) is 0 Å². The average molecular weight is 173 g/mol. The standard InChI is InChI=1S/C10H9N2O/c1-7-5-8(6-11)3-4-9(7)10(13)12-2/h3-5H,1H2,2H3,(H,12,13). The van der Waals surface area contributed by atoms with Gasteiger partial charge in [-0.05, 0) is 30.7 Å². The van der Waals surface area contributed by atoms with Crippen LogP contribution in [0.25, 0.3) is 0 Å². The van der Waals surface area contributed by atoms with E-state index in [9.17, 15) is 4.79 Å². The van der Waals surface area contributed by atoms with Crippen molar-refractivity contribution < 1.29 is 4.79 Å². The van der Waals surface area contributed by atoms with Gasteiger partial charge in [0.25, 0.3) is 5.91 Å². The van der Waals surface area contributed by atoms with Crippen LogP contribution in [0.3, 0.4) is 0 Å². The van der Waals surface area contributed by atoms with Crippen molar-refractivity contribution in [1.82, 2.24) is 5.32 Å². The van der Waals surface area contributed by atoms with E-state index < -0.39 is 0 Å². The Hall–Kier alpha value is -1.82. The van der Waals surface area contributed by atoms with Crippen LogP contribution in [0, 0.1) is 18.3 Å². The van der Waals surface area contributed by atoms with E-state index in [1.54, 1.807) is 25.2 Å². The third kappa shape index (κ3) is 1.85. The Morgan fingerprint density at radius 2 is 2.31 bits per heavy atom. The highest BCUT2D eigenvalue weighted by molar-refractivity contribution is 5.95. The Labute approximate surface area is 77.0 Å². The van der Waals surface area contributed by atoms with Gasteiger partial charge in [0, 0.05) is 12.6 Å². The molecular formula is C10H9N2O. The largest absolute Gasteiger partial charge is 0.355 e. The number of nitrogens with zero attached hydrogens (tertiary/aromatic N) is 1. The molecule has 13 heavy (non-hydrogen) atoms. The second-order valence-corrected chi connectivity index (χ2v) is 2.56. The molecule has 1 rings (SSSR count). The fourth-order valence-electron chi connectivity index (χ4n) is 1.02. The number of hydrogen-bond donors (Lipinski definition) is 1. The highest BCUT2D eigenvalue weighted by atomic mass is 16.1. The van der Waals surface area contributed by atoms with Gasteiger partial charge in [0.2, 0.25) is 0 Å². The molecule has 0 heterocycles. The summed E-state index contributed by atoms with van der Waals surface area (Å²) in [5.74, 6) is -0.186. The molecule has 1 aromatic rings. The van der Waals surface area contributed by atoms with Crippen molar-refractivity contribution in [1.29, 1.82) is 5.26 Å². The maximum absolute atomic E-state index is 11.2. The second kappa shape index (κ2) is 3.72. The first-order valence-corrected chi connectivity index (χ1v) is 3.77. The van der Waals surface area contributed by atoms with E-state index in [0.29, 0.717) is 16.7 Å². The lowest BCUT2D eigenvalue weighted by atomic mass is 10.1. The topological polar surface area (TPSA) is 52.9 Å². The summed E-state index contributed by atoms with van der Waals surface area (Å²) < 4.78 is 0. The number of hydrogen-bond acceptors (Lipinski definition) is 2. The Bertz CT molecular complexity index is 377. The molecule has 0 spiro atoms. The zero-order chi connectivity index (χ0) is 9.84. The van der Waals surface area contributed by atoms with Gasteiger partial charge in [0.15, 0.2) is 0 Å². The van der Waals surface area contributed by atoms with Gasteiger partial charge in [-0.2, -0.15) is 5.26 Å². The van der Waals surface area contributed by atoms with Gasteiger partial charge < -0.3 is 5.32 Å². The smallest absolute Gasteiger partial charge is 0.251 e. The fraction of sp³-hybridized carbons (Fsp3) is 0.100. The quantitative estimate of drug-likeness (QED) is 0.691. The summed E-state index contributed by atoms with van der Waals surface area (Å²) in [6.07, 6.45) is 0. The summed E-state index contributed by atoms with van der Waals surface area (Å²) in [6.45, 7) is 3.69. The Morgan fingerprint density at radius 3 is 2.77 bits per heavy atom. The van der Waals surface area contributed by atoms with Crippen LogP contribution in [0.15, 0.2) is 18.2 Å². The predicted molar refractivity (Wildman–Crippen MR) is 49.0 cm³/mol. The molecule has 1 N–H and O–H groups in total. The average Bonchev–Trinajstić information content (AvgIpc) is 2.16. The summed E-state index contributed by atoms with van der Waals surface area (Å²) in [6, 6.07) is 6.76. The van der Waals surface area contributed by atoms with Crippen molar-refractivity contribution >= 4 is 5.91 Å². The number of carbonyl (C=O) groups is 1. The number of benzene rings is 1. The minimum Gasteiger partial charge on any atom is -0.355 e. The van der Waals surface area contributed by atoms with Crippen LogP contribution < -0.4 is 5.32 Å². The first-order chi connectivity index (χ1) is 6.19. The Kier molecular flexibility index (Phi) is 2.65. The SMILES string of the molecule is [CH2]c1cc(C#N)ccc1C(=O)NC. The number of rotatable bonds is 1.